The van der Waals surface area contributed by atoms with E-state index in [1.807, 2.05) is 0 Å². The van der Waals surface area contributed by atoms with Gasteiger partial charge in [-0.15, -0.1) is 0 Å². The van der Waals surface area contributed by atoms with Crippen LogP contribution in [0, 0.1) is 5.92 Å². The average molecular weight is 204 g/mol. The van der Waals surface area contributed by atoms with Gasteiger partial charge in [-0.05, 0) is 24.5 Å². The first-order chi connectivity index (χ1) is 6.18. The molecular weight excluding hydrogens is 180 g/mol. The number of thioether (sulfide) groups is 1. The van der Waals surface area contributed by atoms with Crippen molar-refractivity contribution in [2.75, 3.05) is 12.4 Å². The molecular formula is C11H24OS. The number of aliphatic hydroxyl groups is 1. The molecule has 80 valence electrons. The number of aliphatic hydroxyl groups excluding tert-OH is 1. The molecule has 1 atom stereocenters. The average Bonchev–Trinajstić information content (AvgIpc) is 2.10. The number of unbranched alkanes of at least 4 members (excludes halogenated alkanes) is 3. The van der Waals surface area contributed by atoms with Gasteiger partial charge in [-0.2, -0.15) is 11.8 Å². The van der Waals surface area contributed by atoms with Crippen molar-refractivity contribution < 1.29 is 5.11 Å². The molecule has 13 heavy (non-hydrogen) atoms. The van der Waals surface area contributed by atoms with Crippen LogP contribution in [0.15, 0.2) is 0 Å². The summed E-state index contributed by atoms with van der Waals surface area (Å²) in [6.07, 6.45) is 4.75. The molecule has 1 N–H and O–H groups in total. The third kappa shape index (κ3) is 8.63. The topological polar surface area (TPSA) is 20.2 Å². The molecule has 0 aliphatic carbocycles. The first-order valence-corrected chi connectivity index (χ1v) is 6.45. The summed E-state index contributed by atoms with van der Waals surface area (Å²) in [7, 11) is 0. The highest BCUT2D eigenvalue weighted by atomic mass is 32.2. The van der Waals surface area contributed by atoms with Crippen LogP contribution in [0.1, 0.15) is 46.5 Å². The maximum Gasteiger partial charge on any atom is 0.0431 e. The molecule has 0 aliphatic heterocycles. The van der Waals surface area contributed by atoms with Gasteiger partial charge in [-0.3, -0.25) is 0 Å². The van der Waals surface area contributed by atoms with Crippen molar-refractivity contribution in [2.45, 2.75) is 51.7 Å². The van der Waals surface area contributed by atoms with Crippen LogP contribution in [0.3, 0.4) is 0 Å². The fourth-order valence-corrected chi connectivity index (χ4v) is 2.16. The molecule has 2 heteroatoms. The molecule has 0 saturated carbocycles. The monoisotopic (exact) mass is 204 g/mol. The summed E-state index contributed by atoms with van der Waals surface area (Å²) in [6.45, 7) is 7.23. The Morgan fingerprint density at radius 2 is 1.62 bits per heavy atom. The second-order valence-corrected chi connectivity index (χ2v) is 5.44. The SMILES string of the molecule is CC(C)C(C)SCCCCCCO. The minimum atomic E-state index is 0.357. The summed E-state index contributed by atoms with van der Waals surface area (Å²) >= 11 is 2.08. The van der Waals surface area contributed by atoms with Crippen molar-refractivity contribution in [3.8, 4) is 0 Å². The lowest BCUT2D eigenvalue weighted by atomic mass is 10.2. The molecule has 1 nitrogen and oxygen atoms in total. The zero-order valence-corrected chi connectivity index (χ0v) is 10.1. The maximum absolute atomic E-state index is 8.58. The standard InChI is InChI=1S/C11H24OS/c1-10(2)11(3)13-9-7-5-4-6-8-12/h10-12H,4-9H2,1-3H3. The predicted molar refractivity (Wildman–Crippen MR) is 62.3 cm³/mol. The number of hydrogen-bond acceptors (Lipinski definition) is 2. The van der Waals surface area contributed by atoms with Gasteiger partial charge in [-0.1, -0.05) is 33.6 Å². The lowest BCUT2D eigenvalue weighted by Crippen LogP contribution is -2.06. The first kappa shape index (κ1) is 13.3. The minimum Gasteiger partial charge on any atom is -0.396 e. The van der Waals surface area contributed by atoms with Crippen LogP contribution in [0.4, 0.5) is 0 Å². The molecule has 0 fully saturated rings. The zero-order chi connectivity index (χ0) is 10.1. The van der Waals surface area contributed by atoms with E-state index < -0.39 is 0 Å². The highest BCUT2D eigenvalue weighted by Crippen LogP contribution is 2.20. The van der Waals surface area contributed by atoms with E-state index in [4.69, 9.17) is 5.11 Å². The Morgan fingerprint density at radius 3 is 2.15 bits per heavy atom. The van der Waals surface area contributed by atoms with E-state index in [-0.39, 0.29) is 0 Å². The summed E-state index contributed by atoms with van der Waals surface area (Å²) in [5, 5.41) is 9.37. The molecule has 0 amide bonds. The van der Waals surface area contributed by atoms with Crippen LogP contribution in [-0.2, 0) is 0 Å². The molecule has 0 spiro atoms. The zero-order valence-electron chi connectivity index (χ0n) is 9.25. The molecule has 0 heterocycles. The highest BCUT2D eigenvalue weighted by Gasteiger charge is 2.05. The smallest absolute Gasteiger partial charge is 0.0431 e. The van der Waals surface area contributed by atoms with E-state index in [9.17, 15) is 0 Å². The Balaban J connectivity index is 3.07. The van der Waals surface area contributed by atoms with Crippen molar-refractivity contribution in [3.05, 3.63) is 0 Å². The molecule has 1 unspecified atom stereocenters. The predicted octanol–water partition coefficient (Wildman–Crippen LogP) is 3.32. The van der Waals surface area contributed by atoms with Crippen LogP contribution in [0.5, 0.6) is 0 Å². The fourth-order valence-electron chi connectivity index (χ4n) is 1.03. The van der Waals surface area contributed by atoms with Gasteiger partial charge in [-0.25, -0.2) is 0 Å². The van der Waals surface area contributed by atoms with Gasteiger partial charge < -0.3 is 5.11 Å². The fraction of sp³-hybridized carbons (Fsp3) is 1.00. The Morgan fingerprint density at radius 1 is 1.00 bits per heavy atom. The Labute approximate surface area is 87.3 Å². The van der Waals surface area contributed by atoms with Crippen molar-refractivity contribution >= 4 is 11.8 Å². The van der Waals surface area contributed by atoms with Crippen molar-refractivity contribution in [3.63, 3.8) is 0 Å². The summed E-state index contributed by atoms with van der Waals surface area (Å²) in [4.78, 5) is 0. The summed E-state index contributed by atoms with van der Waals surface area (Å²) in [6, 6.07) is 0. The minimum absolute atomic E-state index is 0.357. The lowest BCUT2D eigenvalue weighted by molar-refractivity contribution is 0.283. The van der Waals surface area contributed by atoms with Gasteiger partial charge in [0.1, 0.15) is 0 Å². The van der Waals surface area contributed by atoms with E-state index in [2.05, 4.69) is 32.5 Å². The van der Waals surface area contributed by atoms with E-state index >= 15 is 0 Å². The Kier molecular flexibility index (Phi) is 9.10. The first-order valence-electron chi connectivity index (χ1n) is 5.41. The molecule has 0 aromatic carbocycles. The molecule has 0 saturated heterocycles. The number of hydrogen-bond donors (Lipinski definition) is 1. The third-order valence-corrected chi connectivity index (χ3v) is 3.97. The van der Waals surface area contributed by atoms with Crippen LogP contribution in [-0.4, -0.2) is 22.7 Å². The maximum atomic E-state index is 8.58. The summed E-state index contributed by atoms with van der Waals surface area (Å²) in [5.41, 5.74) is 0. The molecule has 0 aromatic rings. The molecule has 0 bridgehead atoms. The highest BCUT2D eigenvalue weighted by molar-refractivity contribution is 7.99. The van der Waals surface area contributed by atoms with Gasteiger partial charge in [0.05, 0.1) is 0 Å². The van der Waals surface area contributed by atoms with Crippen LogP contribution in [0.2, 0.25) is 0 Å². The van der Waals surface area contributed by atoms with E-state index in [1.54, 1.807) is 0 Å². The van der Waals surface area contributed by atoms with E-state index in [0.717, 1.165) is 17.6 Å². The molecule has 0 radical (unpaired) electrons. The van der Waals surface area contributed by atoms with Crippen molar-refractivity contribution in [1.82, 2.24) is 0 Å². The van der Waals surface area contributed by atoms with Crippen LogP contribution in [0.25, 0.3) is 0 Å². The summed E-state index contributed by atoms with van der Waals surface area (Å²) < 4.78 is 0. The van der Waals surface area contributed by atoms with E-state index in [0.29, 0.717) is 6.61 Å². The van der Waals surface area contributed by atoms with Crippen molar-refractivity contribution in [2.24, 2.45) is 5.92 Å². The van der Waals surface area contributed by atoms with Crippen LogP contribution < -0.4 is 0 Å². The van der Waals surface area contributed by atoms with Crippen LogP contribution >= 0.6 is 11.8 Å². The molecule has 0 aliphatic rings. The Hall–Kier alpha value is 0.310. The second kappa shape index (κ2) is 8.89. The lowest BCUT2D eigenvalue weighted by Gasteiger charge is -2.14. The quantitative estimate of drug-likeness (QED) is 0.612. The molecule has 0 aromatic heterocycles. The number of rotatable bonds is 8. The van der Waals surface area contributed by atoms with Crippen molar-refractivity contribution in [1.29, 1.82) is 0 Å². The summed E-state index contributed by atoms with van der Waals surface area (Å²) in [5.74, 6) is 2.08. The van der Waals surface area contributed by atoms with Gasteiger partial charge in [0.25, 0.3) is 0 Å². The molecule has 0 rings (SSSR count). The van der Waals surface area contributed by atoms with Gasteiger partial charge in [0.2, 0.25) is 0 Å². The third-order valence-electron chi connectivity index (χ3n) is 2.37. The normalized spacial score (nSPS) is 13.6. The second-order valence-electron chi connectivity index (χ2n) is 3.96. The van der Waals surface area contributed by atoms with E-state index in [1.165, 1.54) is 25.0 Å². The largest absolute Gasteiger partial charge is 0.396 e. The van der Waals surface area contributed by atoms with Gasteiger partial charge in [0, 0.05) is 11.9 Å². The van der Waals surface area contributed by atoms with Gasteiger partial charge >= 0.3 is 0 Å². The Bertz CT molecular complexity index is 104. The van der Waals surface area contributed by atoms with Gasteiger partial charge in [0.15, 0.2) is 0 Å².